The maximum atomic E-state index is 13.0. The van der Waals surface area contributed by atoms with E-state index in [2.05, 4.69) is 15.0 Å². The monoisotopic (exact) mass is 480 g/mol. The Kier molecular flexibility index (Phi) is 7.79. The van der Waals surface area contributed by atoms with Crippen LogP contribution in [0.2, 0.25) is 0 Å². The highest BCUT2D eigenvalue weighted by atomic mass is 32.1. The molecule has 9 heteroatoms. The van der Waals surface area contributed by atoms with Gasteiger partial charge in [0.25, 0.3) is 11.1 Å². The molecule has 1 aliphatic carbocycles. The highest BCUT2D eigenvalue weighted by Crippen LogP contribution is 2.35. The Morgan fingerprint density at radius 1 is 1.27 bits per heavy atom. The topological polar surface area (TPSA) is 60.2 Å². The highest BCUT2D eigenvalue weighted by Gasteiger charge is 2.27. The summed E-state index contributed by atoms with van der Waals surface area (Å²) in [5.41, 5.74) is 1.72. The van der Waals surface area contributed by atoms with Crippen LogP contribution in [-0.2, 0) is 19.5 Å². The van der Waals surface area contributed by atoms with Gasteiger partial charge >= 0.3 is 0 Å². The van der Waals surface area contributed by atoms with Gasteiger partial charge in [-0.25, -0.2) is 13.8 Å². The molecule has 0 bridgehead atoms. The quantitative estimate of drug-likeness (QED) is 0.436. The summed E-state index contributed by atoms with van der Waals surface area (Å²) in [4.78, 5) is 20.7. The number of hydrogen-bond acceptors (Lipinski definition) is 6. The molecule has 0 amide bonds. The summed E-state index contributed by atoms with van der Waals surface area (Å²) in [5, 5.41) is 4.57. The number of aryl methyl sites for hydroxylation is 1. The average Bonchev–Trinajstić information content (AvgIpc) is 3.43. The smallest absolute Gasteiger partial charge is 0.278 e. The van der Waals surface area contributed by atoms with Crippen molar-refractivity contribution in [2.75, 3.05) is 19.7 Å². The lowest BCUT2D eigenvalue weighted by atomic mass is 9.78. The lowest BCUT2D eigenvalue weighted by molar-refractivity contribution is -0.0230. The first-order chi connectivity index (χ1) is 15.8. The van der Waals surface area contributed by atoms with Crippen LogP contribution < -0.4 is 4.74 Å². The largest absolute Gasteiger partial charge is 0.464 e. The second-order valence-electron chi connectivity index (χ2n) is 9.57. The molecule has 1 fully saturated rings. The first-order valence-electron chi connectivity index (χ1n) is 12.1. The number of ether oxygens (including phenoxy) is 1. The number of thiazole rings is 1. The lowest BCUT2D eigenvalue weighted by Gasteiger charge is -2.31. The van der Waals surface area contributed by atoms with Gasteiger partial charge in [-0.2, -0.15) is 5.10 Å². The summed E-state index contributed by atoms with van der Waals surface area (Å²) in [6.07, 6.45) is 9.02. The molecule has 0 atom stereocenters. The van der Waals surface area contributed by atoms with E-state index in [0.717, 1.165) is 75.1 Å². The lowest BCUT2D eigenvalue weighted by Crippen LogP contribution is -2.32. The van der Waals surface area contributed by atoms with Crippen LogP contribution in [0.25, 0.3) is 0 Å². The van der Waals surface area contributed by atoms with E-state index in [1.807, 2.05) is 13.0 Å². The SMILES string of the molecule is CCn1nccc1C(=O)CC1CCC(CCN2CCc3sc(OCC(C)(F)F)nc3C2)CC1. The van der Waals surface area contributed by atoms with Gasteiger partial charge in [-0.05, 0) is 57.1 Å². The Balaban J connectivity index is 1.18. The minimum Gasteiger partial charge on any atom is -0.464 e. The molecule has 0 spiro atoms. The number of rotatable bonds is 10. The number of halogens is 2. The van der Waals surface area contributed by atoms with Crippen LogP contribution >= 0.6 is 11.3 Å². The van der Waals surface area contributed by atoms with Crippen molar-refractivity contribution in [3.8, 4) is 5.19 Å². The molecule has 33 heavy (non-hydrogen) atoms. The molecule has 0 saturated heterocycles. The van der Waals surface area contributed by atoms with Crippen LogP contribution in [0.3, 0.4) is 0 Å². The summed E-state index contributed by atoms with van der Waals surface area (Å²) in [6, 6.07) is 1.83. The van der Waals surface area contributed by atoms with Gasteiger partial charge in [0.15, 0.2) is 12.4 Å². The molecule has 0 aromatic carbocycles. The Morgan fingerprint density at radius 3 is 2.76 bits per heavy atom. The van der Waals surface area contributed by atoms with Crippen molar-refractivity contribution in [3.63, 3.8) is 0 Å². The second-order valence-corrected chi connectivity index (χ2v) is 10.6. The molecule has 6 nitrogen and oxygen atoms in total. The maximum absolute atomic E-state index is 13.0. The number of Topliss-reactive ketones (excluding diaryl/α,β-unsaturated/α-hetero) is 1. The summed E-state index contributed by atoms with van der Waals surface area (Å²) in [7, 11) is 0. The van der Waals surface area contributed by atoms with Crippen molar-refractivity contribution >= 4 is 17.1 Å². The molecule has 1 saturated carbocycles. The van der Waals surface area contributed by atoms with Crippen LogP contribution in [0.1, 0.15) is 73.4 Å². The van der Waals surface area contributed by atoms with Gasteiger partial charge in [-0.3, -0.25) is 14.4 Å². The standard InChI is InChI=1S/C24H34F2N4O2S/c1-3-30-20(8-11-27-30)21(31)14-18-6-4-17(5-7-18)9-12-29-13-10-22-19(15-29)28-23(33-22)32-16-24(2,25)26/h8,11,17-18H,3-7,9-10,12-16H2,1-2H3. The van der Waals surface area contributed by atoms with E-state index in [4.69, 9.17) is 4.74 Å². The fourth-order valence-electron chi connectivity index (χ4n) is 4.95. The van der Waals surface area contributed by atoms with Crippen molar-refractivity contribution in [1.29, 1.82) is 0 Å². The maximum Gasteiger partial charge on any atom is 0.278 e. The zero-order valence-electron chi connectivity index (χ0n) is 19.6. The predicted molar refractivity (Wildman–Crippen MR) is 124 cm³/mol. The van der Waals surface area contributed by atoms with Crippen molar-refractivity contribution in [2.24, 2.45) is 11.8 Å². The Labute approximate surface area is 198 Å². The Bertz CT molecular complexity index is 931. The third kappa shape index (κ3) is 6.59. The van der Waals surface area contributed by atoms with Gasteiger partial charge < -0.3 is 4.74 Å². The molecule has 2 aromatic rings. The van der Waals surface area contributed by atoms with Crippen molar-refractivity contribution in [3.05, 3.63) is 28.5 Å². The zero-order valence-corrected chi connectivity index (χ0v) is 20.4. The molecule has 0 radical (unpaired) electrons. The van der Waals surface area contributed by atoms with Crippen LogP contribution in [-0.4, -0.2) is 51.1 Å². The molecular weight excluding hydrogens is 446 g/mol. The molecule has 0 unspecified atom stereocenters. The summed E-state index contributed by atoms with van der Waals surface area (Å²) < 4.78 is 33.1. The van der Waals surface area contributed by atoms with Gasteiger partial charge in [0, 0.05) is 44.1 Å². The van der Waals surface area contributed by atoms with Crippen LogP contribution in [0.5, 0.6) is 5.19 Å². The number of aromatic nitrogens is 3. The van der Waals surface area contributed by atoms with E-state index < -0.39 is 12.5 Å². The number of carbonyl (C=O) groups is 1. The number of carbonyl (C=O) groups excluding carboxylic acids is 1. The molecule has 0 N–H and O–H groups in total. The fourth-order valence-corrected chi connectivity index (χ4v) is 5.85. The van der Waals surface area contributed by atoms with Gasteiger partial charge in [-0.1, -0.05) is 24.2 Å². The minimum atomic E-state index is -2.84. The van der Waals surface area contributed by atoms with Crippen LogP contribution in [0.4, 0.5) is 8.78 Å². The minimum absolute atomic E-state index is 0.219. The van der Waals surface area contributed by atoms with Crippen molar-refractivity contribution in [2.45, 2.75) is 77.8 Å². The second kappa shape index (κ2) is 10.6. The van der Waals surface area contributed by atoms with Crippen molar-refractivity contribution < 1.29 is 18.3 Å². The van der Waals surface area contributed by atoms with E-state index in [1.165, 1.54) is 24.2 Å². The van der Waals surface area contributed by atoms with E-state index >= 15 is 0 Å². The Morgan fingerprint density at radius 2 is 2.03 bits per heavy atom. The van der Waals surface area contributed by atoms with Gasteiger partial charge in [0.1, 0.15) is 5.69 Å². The third-order valence-corrected chi connectivity index (χ3v) is 7.90. The average molecular weight is 481 g/mol. The number of ketones is 1. The molecule has 182 valence electrons. The highest BCUT2D eigenvalue weighted by molar-refractivity contribution is 7.13. The summed E-state index contributed by atoms with van der Waals surface area (Å²) in [5.74, 6) is -1.44. The molecule has 2 aromatic heterocycles. The molecular formula is C24H34F2N4O2S. The van der Waals surface area contributed by atoms with Gasteiger partial charge in [0.2, 0.25) is 0 Å². The first kappa shape index (κ1) is 24.3. The first-order valence-corrected chi connectivity index (χ1v) is 12.9. The third-order valence-electron chi connectivity index (χ3n) is 6.83. The fraction of sp³-hybridized carbons (Fsp3) is 0.708. The number of nitrogens with zero attached hydrogens (tertiary/aromatic N) is 4. The number of alkyl halides is 2. The number of fused-ring (bicyclic) bond motifs is 1. The number of hydrogen-bond donors (Lipinski definition) is 0. The molecule has 1 aliphatic heterocycles. The van der Waals surface area contributed by atoms with Gasteiger partial charge in [0.05, 0.1) is 5.69 Å². The summed E-state index contributed by atoms with van der Waals surface area (Å²) >= 11 is 1.40. The van der Waals surface area contributed by atoms with E-state index in [-0.39, 0.29) is 5.78 Å². The molecule has 2 aliphatic rings. The Hall–Kier alpha value is -1.87. The van der Waals surface area contributed by atoms with Crippen molar-refractivity contribution in [1.82, 2.24) is 19.7 Å². The van der Waals surface area contributed by atoms with E-state index in [0.29, 0.717) is 23.5 Å². The van der Waals surface area contributed by atoms with Gasteiger partial charge in [-0.15, -0.1) is 0 Å². The summed E-state index contributed by atoms with van der Waals surface area (Å²) in [6.45, 7) is 5.75. The van der Waals surface area contributed by atoms with Crippen LogP contribution in [0.15, 0.2) is 12.3 Å². The van der Waals surface area contributed by atoms with E-state index in [1.54, 1.807) is 10.9 Å². The van der Waals surface area contributed by atoms with Crippen LogP contribution in [0, 0.1) is 11.8 Å². The van der Waals surface area contributed by atoms with E-state index in [9.17, 15) is 13.6 Å². The molecule has 3 heterocycles. The predicted octanol–water partition coefficient (Wildman–Crippen LogP) is 5.22. The zero-order chi connectivity index (χ0) is 23.4. The normalized spacial score (nSPS) is 21.7. The molecule has 4 rings (SSSR count).